The normalized spacial score (nSPS) is 12.6. The number of aromatic nitrogens is 2. The number of hydrogen-bond acceptors (Lipinski definition) is 3. The second-order valence-electron chi connectivity index (χ2n) is 5.09. The van der Waals surface area contributed by atoms with Crippen molar-refractivity contribution < 1.29 is 4.79 Å². The van der Waals surface area contributed by atoms with Crippen molar-refractivity contribution in [3.8, 4) is 0 Å². The first-order chi connectivity index (χ1) is 9.65. The molecule has 5 heteroatoms. The minimum Gasteiger partial charge on any atom is -0.348 e. The largest absolute Gasteiger partial charge is 0.348 e. The predicted molar refractivity (Wildman–Crippen MR) is 80.9 cm³/mol. The number of nitrogens with zero attached hydrogens (tertiary/aromatic N) is 1. The molecule has 3 N–H and O–H groups in total. The van der Waals surface area contributed by atoms with Crippen LogP contribution in [0.5, 0.6) is 0 Å². The number of rotatable bonds is 6. The topological polar surface area (TPSA) is 69.8 Å². The molecule has 0 aliphatic heterocycles. The summed E-state index contributed by atoms with van der Waals surface area (Å²) in [5, 5.41) is 14.1. The van der Waals surface area contributed by atoms with Gasteiger partial charge in [0.05, 0.1) is 5.52 Å². The number of benzene rings is 1. The van der Waals surface area contributed by atoms with Crippen LogP contribution in [0.4, 0.5) is 0 Å². The number of hydrogen-bond donors (Lipinski definition) is 3. The summed E-state index contributed by atoms with van der Waals surface area (Å²) in [5.74, 6) is -0.107. The molecule has 1 aromatic carbocycles. The summed E-state index contributed by atoms with van der Waals surface area (Å²) in [7, 11) is 1.92. The summed E-state index contributed by atoms with van der Waals surface area (Å²) in [6.45, 7) is 4.97. The zero-order valence-corrected chi connectivity index (χ0v) is 12.3. The van der Waals surface area contributed by atoms with Gasteiger partial charge in [0.15, 0.2) is 5.69 Å². The van der Waals surface area contributed by atoms with E-state index in [2.05, 4.69) is 27.8 Å². The first-order valence-corrected chi connectivity index (χ1v) is 7.06. The maximum absolute atomic E-state index is 12.3. The van der Waals surface area contributed by atoms with Gasteiger partial charge in [-0.15, -0.1) is 0 Å². The van der Waals surface area contributed by atoms with Gasteiger partial charge in [-0.1, -0.05) is 18.6 Å². The van der Waals surface area contributed by atoms with E-state index in [0.29, 0.717) is 5.69 Å². The van der Waals surface area contributed by atoms with Crippen LogP contribution in [0.15, 0.2) is 18.2 Å². The Labute approximate surface area is 119 Å². The Bertz CT molecular complexity index is 591. The zero-order valence-electron chi connectivity index (χ0n) is 12.3. The Morgan fingerprint density at radius 3 is 2.95 bits per heavy atom. The van der Waals surface area contributed by atoms with Crippen molar-refractivity contribution in [1.29, 1.82) is 0 Å². The maximum atomic E-state index is 12.3. The highest BCUT2D eigenvalue weighted by molar-refractivity contribution is 6.04. The number of carbonyl (C=O) groups is 1. The molecule has 0 spiro atoms. The van der Waals surface area contributed by atoms with Crippen LogP contribution in [0.2, 0.25) is 0 Å². The molecule has 0 aliphatic carbocycles. The smallest absolute Gasteiger partial charge is 0.272 e. The van der Waals surface area contributed by atoms with Gasteiger partial charge in [0.2, 0.25) is 0 Å². The van der Waals surface area contributed by atoms with Gasteiger partial charge >= 0.3 is 0 Å². The van der Waals surface area contributed by atoms with Crippen LogP contribution in [0.3, 0.4) is 0 Å². The van der Waals surface area contributed by atoms with Crippen molar-refractivity contribution in [3.63, 3.8) is 0 Å². The monoisotopic (exact) mass is 274 g/mol. The first-order valence-electron chi connectivity index (χ1n) is 7.06. The summed E-state index contributed by atoms with van der Waals surface area (Å²) in [5.41, 5.74) is 2.49. The molecule has 2 rings (SSSR count). The molecule has 20 heavy (non-hydrogen) atoms. The maximum Gasteiger partial charge on any atom is 0.272 e. The molecule has 1 unspecified atom stereocenters. The molecular formula is C15H22N4O. The van der Waals surface area contributed by atoms with E-state index in [0.717, 1.165) is 35.9 Å². The first kappa shape index (κ1) is 14.5. The molecule has 1 heterocycles. The van der Waals surface area contributed by atoms with E-state index in [-0.39, 0.29) is 11.9 Å². The molecule has 0 fully saturated rings. The fourth-order valence-electron chi connectivity index (χ4n) is 2.25. The minimum atomic E-state index is -0.107. The molecule has 0 saturated heterocycles. The number of aromatic amines is 1. The highest BCUT2D eigenvalue weighted by Crippen LogP contribution is 2.17. The molecule has 0 bridgehead atoms. The second-order valence-corrected chi connectivity index (χ2v) is 5.09. The third-order valence-corrected chi connectivity index (χ3v) is 3.50. The Morgan fingerprint density at radius 2 is 2.25 bits per heavy atom. The SMILES string of the molecule is CCC(CCNC)NC(=O)c1n[nH]c2ccc(C)cc12. The average Bonchev–Trinajstić information content (AvgIpc) is 2.86. The van der Waals surface area contributed by atoms with Crippen LogP contribution in [0.25, 0.3) is 10.9 Å². The fourth-order valence-corrected chi connectivity index (χ4v) is 2.25. The Morgan fingerprint density at radius 1 is 1.45 bits per heavy atom. The molecule has 5 nitrogen and oxygen atoms in total. The molecule has 1 atom stereocenters. The van der Waals surface area contributed by atoms with E-state index in [1.807, 2.05) is 32.2 Å². The van der Waals surface area contributed by atoms with Crippen LogP contribution >= 0.6 is 0 Å². The van der Waals surface area contributed by atoms with Gasteiger partial charge in [-0.25, -0.2) is 0 Å². The van der Waals surface area contributed by atoms with E-state index in [4.69, 9.17) is 0 Å². The van der Waals surface area contributed by atoms with Crippen LogP contribution < -0.4 is 10.6 Å². The molecule has 2 aromatic rings. The Kier molecular flexibility index (Phi) is 4.74. The van der Waals surface area contributed by atoms with Crippen LogP contribution in [-0.2, 0) is 0 Å². The van der Waals surface area contributed by atoms with E-state index >= 15 is 0 Å². The van der Waals surface area contributed by atoms with Crippen LogP contribution in [-0.4, -0.2) is 35.7 Å². The minimum absolute atomic E-state index is 0.107. The molecule has 0 aliphatic rings. The van der Waals surface area contributed by atoms with E-state index < -0.39 is 0 Å². The van der Waals surface area contributed by atoms with Gasteiger partial charge in [-0.2, -0.15) is 5.10 Å². The predicted octanol–water partition coefficient (Wildman–Crippen LogP) is 1.99. The molecule has 108 valence electrons. The summed E-state index contributed by atoms with van der Waals surface area (Å²) in [4.78, 5) is 12.3. The van der Waals surface area contributed by atoms with Gasteiger partial charge in [-0.05, 0) is 45.5 Å². The highest BCUT2D eigenvalue weighted by atomic mass is 16.2. The number of carbonyl (C=O) groups excluding carboxylic acids is 1. The molecule has 0 radical (unpaired) electrons. The Hall–Kier alpha value is -1.88. The van der Waals surface area contributed by atoms with Gasteiger partial charge in [-0.3, -0.25) is 9.89 Å². The summed E-state index contributed by atoms with van der Waals surface area (Å²) in [6.07, 6.45) is 1.83. The number of H-pyrrole nitrogens is 1. The highest BCUT2D eigenvalue weighted by Gasteiger charge is 2.17. The average molecular weight is 274 g/mol. The van der Waals surface area contributed by atoms with Gasteiger partial charge in [0, 0.05) is 11.4 Å². The van der Waals surface area contributed by atoms with Crippen molar-refractivity contribution in [1.82, 2.24) is 20.8 Å². The quantitative estimate of drug-likeness (QED) is 0.754. The summed E-state index contributed by atoms with van der Waals surface area (Å²) >= 11 is 0. The lowest BCUT2D eigenvalue weighted by atomic mass is 10.1. The van der Waals surface area contributed by atoms with Crippen molar-refractivity contribution in [3.05, 3.63) is 29.5 Å². The van der Waals surface area contributed by atoms with E-state index in [9.17, 15) is 4.79 Å². The third kappa shape index (κ3) is 3.17. The Balaban J connectivity index is 2.16. The molecule has 0 saturated carbocycles. The number of aryl methyl sites for hydroxylation is 1. The lowest BCUT2D eigenvalue weighted by molar-refractivity contribution is 0.0930. The van der Waals surface area contributed by atoms with Gasteiger partial charge in [0.1, 0.15) is 0 Å². The molecular weight excluding hydrogens is 252 g/mol. The summed E-state index contributed by atoms with van der Waals surface area (Å²) < 4.78 is 0. The lowest BCUT2D eigenvalue weighted by Crippen LogP contribution is -2.36. The lowest BCUT2D eigenvalue weighted by Gasteiger charge is -2.16. The second kappa shape index (κ2) is 6.52. The van der Waals surface area contributed by atoms with Crippen molar-refractivity contribution in [2.24, 2.45) is 0 Å². The molecule has 1 aromatic heterocycles. The van der Waals surface area contributed by atoms with Crippen LogP contribution in [0, 0.1) is 6.92 Å². The fraction of sp³-hybridized carbons (Fsp3) is 0.467. The van der Waals surface area contributed by atoms with Gasteiger partial charge in [0.25, 0.3) is 5.91 Å². The van der Waals surface area contributed by atoms with Crippen molar-refractivity contribution in [2.75, 3.05) is 13.6 Å². The molecule has 1 amide bonds. The number of amides is 1. The van der Waals surface area contributed by atoms with E-state index in [1.165, 1.54) is 0 Å². The van der Waals surface area contributed by atoms with Crippen molar-refractivity contribution in [2.45, 2.75) is 32.7 Å². The third-order valence-electron chi connectivity index (χ3n) is 3.50. The number of nitrogens with one attached hydrogen (secondary N) is 3. The van der Waals surface area contributed by atoms with Crippen molar-refractivity contribution >= 4 is 16.8 Å². The zero-order chi connectivity index (χ0) is 14.5. The number of fused-ring (bicyclic) bond motifs is 1. The summed E-state index contributed by atoms with van der Waals surface area (Å²) in [6, 6.07) is 6.12. The standard InChI is InChI=1S/C15H22N4O/c1-4-11(7-8-16-3)17-15(20)14-12-9-10(2)5-6-13(12)18-19-14/h5-6,9,11,16H,4,7-8H2,1-3H3,(H,17,20)(H,18,19). The van der Waals surface area contributed by atoms with Crippen LogP contribution in [0.1, 0.15) is 35.8 Å². The van der Waals surface area contributed by atoms with E-state index in [1.54, 1.807) is 0 Å². The van der Waals surface area contributed by atoms with Gasteiger partial charge < -0.3 is 10.6 Å².